The zero-order valence-electron chi connectivity index (χ0n) is 15.3. The van der Waals surface area contributed by atoms with Gasteiger partial charge in [0, 0.05) is 23.1 Å². The van der Waals surface area contributed by atoms with Crippen LogP contribution in [-0.2, 0) is 6.42 Å². The Morgan fingerprint density at radius 3 is 2.41 bits per heavy atom. The Hall–Kier alpha value is -3.39. The fourth-order valence-corrected chi connectivity index (χ4v) is 3.70. The number of anilines is 1. The van der Waals surface area contributed by atoms with Gasteiger partial charge in [-0.15, -0.1) is 11.3 Å². The zero-order valence-corrected chi connectivity index (χ0v) is 16.1. The fourth-order valence-electron chi connectivity index (χ4n) is 2.85. The minimum Gasteiger partial charge on any atom is -0.360 e. The number of amides is 1. The molecule has 8 heteroatoms. The van der Waals surface area contributed by atoms with Crippen molar-refractivity contribution in [3.05, 3.63) is 88.1 Å². The van der Waals surface area contributed by atoms with Crippen LogP contribution in [-0.4, -0.2) is 16.0 Å². The highest BCUT2D eigenvalue weighted by molar-refractivity contribution is 7.15. The highest BCUT2D eigenvalue weighted by Gasteiger charge is 2.22. The second kappa shape index (κ2) is 7.92. The van der Waals surface area contributed by atoms with Gasteiger partial charge in [-0.1, -0.05) is 17.3 Å². The van der Waals surface area contributed by atoms with Crippen molar-refractivity contribution in [2.24, 2.45) is 0 Å². The summed E-state index contributed by atoms with van der Waals surface area (Å²) in [5, 5.41) is 7.13. The first kappa shape index (κ1) is 18.9. The lowest BCUT2D eigenvalue weighted by atomic mass is 10.1. The van der Waals surface area contributed by atoms with Gasteiger partial charge in [-0.05, 0) is 48.9 Å². The van der Waals surface area contributed by atoms with Crippen molar-refractivity contribution in [2.45, 2.75) is 13.3 Å². The van der Waals surface area contributed by atoms with Crippen LogP contribution in [0.2, 0.25) is 0 Å². The van der Waals surface area contributed by atoms with Crippen LogP contribution in [0.1, 0.15) is 26.6 Å². The van der Waals surface area contributed by atoms with Crippen LogP contribution in [0.25, 0.3) is 11.3 Å². The van der Waals surface area contributed by atoms with Gasteiger partial charge in [-0.25, -0.2) is 13.8 Å². The maximum atomic E-state index is 13.2. The molecular weight excluding hydrogens is 396 g/mol. The summed E-state index contributed by atoms with van der Waals surface area (Å²) < 4.78 is 31.4. The van der Waals surface area contributed by atoms with Crippen LogP contribution in [0.5, 0.6) is 0 Å². The normalized spacial score (nSPS) is 10.9. The molecule has 2 aromatic carbocycles. The van der Waals surface area contributed by atoms with Crippen molar-refractivity contribution >= 4 is 22.4 Å². The van der Waals surface area contributed by atoms with Gasteiger partial charge in [0.25, 0.3) is 5.91 Å². The summed E-state index contributed by atoms with van der Waals surface area (Å²) in [5.74, 6) is -0.723. The molecule has 0 bridgehead atoms. The average Bonchev–Trinajstić information content (AvgIpc) is 3.30. The number of nitrogens with zero attached hydrogens (tertiary/aromatic N) is 2. The van der Waals surface area contributed by atoms with Gasteiger partial charge in [0.15, 0.2) is 5.13 Å². The third-order valence-corrected chi connectivity index (χ3v) is 5.19. The molecular formula is C21H15F2N3O2S. The lowest BCUT2D eigenvalue weighted by Gasteiger charge is -2.03. The monoisotopic (exact) mass is 411 g/mol. The number of aromatic nitrogens is 2. The molecule has 2 aromatic heterocycles. The number of carbonyl (C=O) groups is 1. The van der Waals surface area contributed by atoms with Crippen molar-refractivity contribution in [3.63, 3.8) is 0 Å². The standard InChI is InChI=1S/C21H15F2N3O2S/c1-12-18(19(26-28-12)14-4-8-16(23)9-5-14)20(27)25-21-24-11-17(29-21)10-13-2-6-15(22)7-3-13/h2-9,11H,10H2,1H3,(H,24,25,27). The van der Waals surface area contributed by atoms with Gasteiger partial charge in [0.05, 0.1) is 0 Å². The summed E-state index contributed by atoms with van der Waals surface area (Å²) >= 11 is 1.33. The second-order valence-electron chi connectivity index (χ2n) is 6.36. The number of nitrogens with one attached hydrogen (secondary N) is 1. The van der Waals surface area contributed by atoms with Crippen LogP contribution in [0.3, 0.4) is 0 Å². The van der Waals surface area contributed by atoms with Gasteiger partial charge in [-0.2, -0.15) is 0 Å². The highest BCUT2D eigenvalue weighted by Crippen LogP contribution is 2.28. The molecule has 0 aliphatic heterocycles. The topological polar surface area (TPSA) is 68.0 Å². The Labute approximate surface area is 169 Å². The summed E-state index contributed by atoms with van der Waals surface area (Å²) in [4.78, 5) is 18.0. The number of halogens is 2. The molecule has 4 rings (SSSR count). The van der Waals surface area contributed by atoms with E-state index in [4.69, 9.17) is 4.52 Å². The first-order valence-corrected chi connectivity index (χ1v) is 9.54. The zero-order chi connectivity index (χ0) is 20.4. The quantitative estimate of drug-likeness (QED) is 0.488. The second-order valence-corrected chi connectivity index (χ2v) is 7.47. The number of carbonyl (C=O) groups excluding carboxylic acids is 1. The van der Waals surface area contributed by atoms with Gasteiger partial charge < -0.3 is 4.52 Å². The van der Waals surface area contributed by atoms with E-state index in [0.717, 1.165) is 10.4 Å². The van der Waals surface area contributed by atoms with Gasteiger partial charge in [0.2, 0.25) is 0 Å². The van der Waals surface area contributed by atoms with E-state index < -0.39 is 5.91 Å². The summed E-state index contributed by atoms with van der Waals surface area (Å²) in [7, 11) is 0. The van der Waals surface area contributed by atoms with E-state index in [1.54, 1.807) is 25.3 Å². The Bertz CT molecular complexity index is 1150. The molecule has 0 radical (unpaired) electrons. The molecule has 0 fully saturated rings. The van der Waals surface area contributed by atoms with Crippen LogP contribution in [0.4, 0.5) is 13.9 Å². The molecule has 146 valence electrons. The first-order valence-electron chi connectivity index (χ1n) is 8.72. The minimum absolute atomic E-state index is 0.270. The molecule has 0 saturated carbocycles. The van der Waals surface area contributed by atoms with Gasteiger partial charge in [-0.3, -0.25) is 10.1 Å². The molecule has 2 heterocycles. The summed E-state index contributed by atoms with van der Waals surface area (Å²) in [6, 6.07) is 11.9. The average molecular weight is 411 g/mol. The van der Waals surface area contributed by atoms with Crippen LogP contribution in [0.15, 0.2) is 59.3 Å². The third-order valence-electron chi connectivity index (χ3n) is 4.27. The molecule has 0 aliphatic carbocycles. The number of hydrogen-bond acceptors (Lipinski definition) is 5. The van der Waals surface area contributed by atoms with E-state index >= 15 is 0 Å². The third kappa shape index (κ3) is 4.22. The molecule has 0 aliphatic rings. The molecule has 0 spiro atoms. The lowest BCUT2D eigenvalue weighted by molar-refractivity contribution is 0.102. The molecule has 0 atom stereocenters. The minimum atomic E-state index is -0.411. The largest absolute Gasteiger partial charge is 0.360 e. The Balaban J connectivity index is 1.52. The van der Waals surface area contributed by atoms with Crippen molar-refractivity contribution in [1.29, 1.82) is 0 Å². The molecule has 5 nitrogen and oxygen atoms in total. The maximum absolute atomic E-state index is 13.2. The molecule has 0 saturated heterocycles. The van der Waals surface area contributed by atoms with Crippen LogP contribution < -0.4 is 5.32 Å². The predicted octanol–water partition coefficient (Wildman–Crippen LogP) is 5.23. The van der Waals surface area contributed by atoms with Crippen molar-refractivity contribution in [1.82, 2.24) is 10.1 Å². The van der Waals surface area contributed by atoms with E-state index in [2.05, 4.69) is 15.5 Å². The Morgan fingerprint density at radius 1 is 1.07 bits per heavy atom. The summed E-state index contributed by atoms with van der Waals surface area (Å²) in [6.07, 6.45) is 2.26. The van der Waals surface area contributed by atoms with Crippen molar-refractivity contribution in [3.8, 4) is 11.3 Å². The van der Waals surface area contributed by atoms with E-state index in [-0.39, 0.29) is 17.2 Å². The van der Waals surface area contributed by atoms with Crippen LogP contribution >= 0.6 is 11.3 Å². The first-order chi connectivity index (χ1) is 14.0. The fraction of sp³-hybridized carbons (Fsp3) is 0.0952. The lowest BCUT2D eigenvalue weighted by Crippen LogP contribution is -2.13. The van der Waals surface area contributed by atoms with E-state index in [1.807, 2.05) is 0 Å². The molecule has 1 N–H and O–H groups in total. The molecule has 4 aromatic rings. The number of aryl methyl sites for hydroxylation is 1. The van der Waals surface area contributed by atoms with Gasteiger partial charge in [0.1, 0.15) is 28.7 Å². The van der Waals surface area contributed by atoms with E-state index in [1.165, 1.54) is 47.7 Å². The van der Waals surface area contributed by atoms with Crippen molar-refractivity contribution < 1.29 is 18.1 Å². The molecule has 0 unspecified atom stereocenters. The summed E-state index contributed by atoms with van der Waals surface area (Å²) in [6.45, 7) is 1.64. The van der Waals surface area contributed by atoms with E-state index in [9.17, 15) is 13.6 Å². The molecule has 1 amide bonds. The van der Waals surface area contributed by atoms with E-state index in [0.29, 0.717) is 28.6 Å². The number of thiazole rings is 1. The smallest absolute Gasteiger partial charge is 0.263 e. The summed E-state index contributed by atoms with van der Waals surface area (Å²) in [5.41, 5.74) is 2.13. The van der Waals surface area contributed by atoms with Gasteiger partial charge >= 0.3 is 0 Å². The number of hydrogen-bond donors (Lipinski definition) is 1. The maximum Gasteiger partial charge on any atom is 0.263 e. The molecule has 29 heavy (non-hydrogen) atoms. The van der Waals surface area contributed by atoms with Crippen molar-refractivity contribution in [2.75, 3.05) is 5.32 Å². The predicted molar refractivity (Wildman–Crippen MR) is 106 cm³/mol. The Kier molecular flexibility index (Phi) is 5.18. The number of rotatable bonds is 5. The van der Waals surface area contributed by atoms with Crippen LogP contribution in [0, 0.1) is 18.6 Å². The SMILES string of the molecule is Cc1onc(-c2ccc(F)cc2)c1C(=O)Nc1ncc(Cc2ccc(F)cc2)s1. The number of benzene rings is 2. The highest BCUT2D eigenvalue weighted by atomic mass is 32.1. The Morgan fingerprint density at radius 2 is 1.72 bits per heavy atom.